The van der Waals surface area contributed by atoms with Gasteiger partial charge in [0.1, 0.15) is 19.6 Å². The average Bonchev–Trinajstić information content (AvgIpc) is 0.824. The SMILES string of the molecule is C=Cc1ccc(C[N+](C)(C)CCCCCCCC)cc1.C=Cc1ccc(C[N+](C)(C)CCCCCCCCCCCC)cc1.C=Cc1ccc(C[N+](C)(C)CCCCCCCCCCCCCCCC)cc1.C=Cc1ccc(C[P+](CCCCCCCC)(CCCCCCCC)CCCCCCCC)cc1.[Cl-].[Cl-].[Cl-].[Cl-]. The summed E-state index contributed by atoms with van der Waals surface area (Å²) in [5.41, 5.74) is 10.8. The van der Waals surface area contributed by atoms with E-state index >= 15 is 0 Å². The van der Waals surface area contributed by atoms with Crippen LogP contribution in [0.5, 0.6) is 0 Å². The lowest BCUT2D eigenvalue weighted by molar-refractivity contribution is -0.903. The molecule has 0 atom stereocenters. The van der Waals surface area contributed by atoms with Crippen LogP contribution >= 0.6 is 7.26 Å². The lowest BCUT2D eigenvalue weighted by Gasteiger charge is -2.30. The summed E-state index contributed by atoms with van der Waals surface area (Å²) < 4.78 is 3.26. The Morgan fingerprint density at radius 3 is 0.545 bits per heavy atom. The Bertz CT molecular complexity index is 2570. The van der Waals surface area contributed by atoms with Crippen LogP contribution in [0, 0.1) is 0 Å². The van der Waals surface area contributed by atoms with Gasteiger partial charge in [-0.3, -0.25) is 0 Å². The van der Waals surface area contributed by atoms with E-state index in [1.807, 2.05) is 24.3 Å². The molecule has 0 amide bonds. The number of nitrogens with zero attached hydrogens (tertiary/aromatic N) is 3. The maximum absolute atomic E-state index is 3.96. The molecule has 0 saturated carbocycles. The van der Waals surface area contributed by atoms with Gasteiger partial charge in [0.2, 0.25) is 0 Å². The monoisotopic (exact) mass is 1620 g/mol. The van der Waals surface area contributed by atoms with Crippen molar-refractivity contribution in [2.45, 2.75) is 376 Å². The summed E-state index contributed by atoms with van der Waals surface area (Å²) in [6.07, 6.45) is 82.1. The molecule has 0 bridgehead atoms. The van der Waals surface area contributed by atoms with E-state index in [4.69, 9.17) is 0 Å². The first-order chi connectivity index (χ1) is 51.4. The maximum atomic E-state index is 3.96. The van der Waals surface area contributed by atoms with Gasteiger partial charge >= 0.3 is 0 Å². The molecule has 0 spiro atoms. The van der Waals surface area contributed by atoms with Crippen LogP contribution in [0.1, 0.15) is 394 Å². The zero-order valence-corrected chi connectivity index (χ0v) is 78.6. The van der Waals surface area contributed by atoms with Crippen LogP contribution in [-0.2, 0) is 25.8 Å². The van der Waals surface area contributed by atoms with Crippen molar-refractivity contribution in [1.82, 2.24) is 0 Å². The predicted molar refractivity (Wildman–Crippen MR) is 489 cm³/mol. The molecule has 0 N–H and O–H groups in total. The second-order valence-electron chi connectivity index (χ2n) is 34.8. The van der Waals surface area contributed by atoms with Gasteiger partial charge < -0.3 is 63.1 Å². The molecule has 0 aliphatic heterocycles. The van der Waals surface area contributed by atoms with Crippen LogP contribution in [0.4, 0.5) is 0 Å². The number of hydrogen-bond acceptors (Lipinski definition) is 0. The van der Waals surface area contributed by atoms with E-state index in [0.29, 0.717) is 0 Å². The first-order valence-corrected chi connectivity index (χ1v) is 48.1. The van der Waals surface area contributed by atoms with E-state index in [0.717, 1.165) is 33.1 Å². The number of quaternary nitrogens is 3. The highest BCUT2D eigenvalue weighted by molar-refractivity contribution is 7.75. The third-order valence-corrected chi connectivity index (χ3v) is 27.4. The lowest BCUT2D eigenvalue weighted by atomic mass is 10.0. The van der Waals surface area contributed by atoms with Crippen LogP contribution in [0.25, 0.3) is 24.3 Å². The Hall–Kier alpha value is -2.69. The van der Waals surface area contributed by atoms with E-state index in [-0.39, 0.29) is 49.6 Å². The smallest absolute Gasteiger partial charge is 0.104 e. The highest BCUT2D eigenvalue weighted by Crippen LogP contribution is 2.63. The summed E-state index contributed by atoms with van der Waals surface area (Å²) in [5.74, 6) is 0. The molecule has 0 fully saturated rings. The third kappa shape index (κ3) is 66.5. The quantitative estimate of drug-likeness (QED) is 0.0235. The van der Waals surface area contributed by atoms with Crippen molar-refractivity contribution >= 4 is 31.6 Å². The van der Waals surface area contributed by atoms with Crippen LogP contribution in [0.3, 0.4) is 0 Å². The molecule has 4 rings (SSSR count). The summed E-state index contributed by atoms with van der Waals surface area (Å²) in [5, 5.41) is 0. The van der Waals surface area contributed by atoms with Gasteiger partial charge in [0.15, 0.2) is 0 Å². The number of unbranched alkanes of at least 4 members (excludes halogenated alkanes) is 42. The van der Waals surface area contributed by atoms with Crippen molar-refractivity contribution in [3.63, 3.8) is 0 Å². The van der Waals surface area contributed by atoms with Gasteiger partial charge in [0, 0.05) is 24.0 Å². The van der Waals surface area contributed by atoms with Crippen LogP contribution in [0.15, 0.2) is 123 Å². The maximum Gasteiger partial charge on any atom is 0.104 e. The number of hydrogen-bond donors (Lipinski definition) is 0. The minimum atomic E-state index is -0.934. The van der Waals surface area contributed by atoms with Crippen molar-refractivity contribution < 1.29 is 63.1 Å². The van der Waals surface area contributed by atoms with E-state index < -0.39 is 7.26 Å². The first kappa shape index (κ1) is 114. The molecule has 0 unspecified atom stereocenters. The Kier molecular flexibility index (Phi) is 80.1. The second kappa shape index (κ2) is 77.5. The van der Waals surface area contributed by atoms with Crippen LogP contribution < -0.4 is 49.6 Å². The van der Waals surface area contributed by atoms with Gasteiger partial charge in [-0.25, -0.2) is 0 Å². The van der Waals surface area contributed by atoms with Crippen LogP contribution in [-0.4, -0.2) is 93.9 Å². The van der Waals surface area contributed by atoms with E-state index in [2.05, 4.69) is 207 Å². The fraction of sp³-hybridized carbons (Fsp3) is 0.686. The molecular formula is C102H180Cl4N3P. The number of benzene rings is 4. The van der Waals surface area contributed by atoms with Crippen molar-refractivity contribution in [2.75, 3.05) is 80.4 Å². The van der Waals surface area contributed by atoms with Crippen molar-refractivity contribution in [3.8, 4) is 0 Å². The fourth-order valence-electron chi connectivity index (χ4n) is 15.5. The van der Waals surface area contributed by atoms with Crippen LogP contribution in [0.2, 0.25) is 0 Å². The normalized spacial score (nSPS) is 11.2. The molecule has 636 valence electrons. The fourth-order valence-corrected chi connectivity index (χ4v) is 20.3. The van der Waals surface area contributed by atoms with Gasteiger partial charge in [0.25, 0.3) is 0 Å². The van der Waals surface area contributed by atoms with Gasteiger partial charge in [-0.2, -0.15) is 0 Å². The summed E-state index contributed by atoms with van der Waals surface area (Å²) in [6.45, 7) is 36.4. The Balaban J connectivity index is -0.000000684. The predicted octanol–water partition coefficient (Wildman–Crippen LogP) is 20.4. The second-order valence-corrected chi connectivity index (χ2v) is 39.1. The van der Waals surface area contributed by atoms with Crippen molar-refractivity contribution in [3.05, 3.63) is 168 Å². The molecule has 0 heterocycles. The van der Waals surface area contributed by atoms with E-state index in [9.17, 15) is 0 Å². The lowest BCUT2D eigenvalue weighted by Crippen LogP contribution is -3.00. The standard InChI is InChI=1S/C33H60P.C27H48N.C23H40N.C19H32N.4ClH/c1-5-9-12-15-18-21-28-34(29-22-19-16-13-10-6-2,30-23-20-17-14-11-7-3)31-33-26-24-32(8-4)25-27-33;1-5-7-8-9-10-11-12-13-14-15-16-17-18-19-24-28(3,4)25-27-22-20-26(6-2)21-23-27;1-5-7-8-9-10-11-12-13-14-15-20-24(3,4)21-23-18-16-22(6-2)17-19-23;1-5-7-8-9-10-11-16-20(3,4)17-19-14-12-18(6-2)13-15-19;;;;/h8,24-27H,4-7,9-23,28-31H2,1-3H3;6,20-23H,2,5,7-19,24-25H2,1,3-4H3;6,16-19H,2,5,7-15,20-21H2,1,3-4H3;6,12-15H,2,5,7-11,16-17H2,1,3-4H3;4*1H/q4*+1;;;;/p-4. The third-order valence-electron chi connectivity index (χ3n) is 22.5. The Morgan fingerprint density at radius 1 is 0.218 bits per heavy atom. The minimum Gasteiger partial charge on any atom is -1.00 e. The van der Waals surface area contributed by atoms with E-state index in [1.165, 1.54) is 373 Å². The molecule has 4 aromatic rings. The van der Waals surface area contributed by atoms with Crippen molar-refractivity contribution in [1.29, 1.82) is 0 Å². The van der Waals surface area contributed by atoms with Crippen molar-refractivity contribution in [2.24, 2.45) is 0 Å². The highest BCUT2D eigenvalue weighted by atomic mass is 35.5. The summed E-state index contributed by atoms with van der Waals surface area (Å²) >= 11 is 0. The molecular weight excluding hydrogens is 1440 g/mol. The number of halogens is 4. The number of rotatable bonds is 66. The largest absolute Gasteiger partial charge is 1.00 e. The van der Waals surface area contributed by atoms with E-state index in [1.54, 1.807) is 24.0 Å². The zero-order chi connectivity index (χ0) is 77.8. The van der Waals surface area contributed by atoms with Gasteiger partial charge in [-0.15, -0.1) is 0 Å². The molecule has 0 aliphatic rings. The molecule has 0 aliphatic carbocycles. The molecule has 8 heteroatoms. The molecule has 0 radical (unpaired) electrons. The van der Waals surface area contributed by atoms with Gasteiger partial charge in [-0.1, -0.05) is 420 Å². The average molecular weight is 1620 g/mol. The zero-order valence-electron chi connectivity index (χ0n) is 74.7. The summed E-state index contributed by atoms with van der Waals surface area (Å²) in [7, 11) is 13.2. The Morgan fingerprint density at radius 2 is 0.373 bits per heavy atom. The highest BCUT2D eigenvalue weighted by Gasteiger charge is 2.36. The first-order valence-electron chi connectivity index (χ1n) is 45.6. The van der Waals surface area contributed by atoms with Gasteiger partial charge in [-0.05, 0) is 105 Å². The molecule has 0 aromatic heterocycles. The summed E-state index contributed by atoms with van der Waals surface area (Å²) in [6, 6.07) is 35.9. The minimum absolute atomic E-state index is 0. The van der Waals surface area contributed by atoms with Gasteiger partial charge in [0.05, 0.1) is 86.6 Å². The topological polar surface area (TPSA) is 0 Å². The Labute approximate surface area is 713 Å². The summed E-state index contributed by atoms with van der Waals surface area (Å²) in [4.78, 5) is 0. The molecule has 0 saturated heterocycles. The molecule has 3 nitrogen and oxygen atoms in total. The molecule has 4 aromatic carbocycles. The molecule has 110 heavy (non-hydrogen) atoms.